The van der Waals surface area contributed by atoms with Crippen molar-refractivity contribution < 1.29 is 19.1 Å². The van der Waals surface area contributed by atoms with Crippen LogP contribution in [0.5, 0.6) is 0 Å². The Morgan fingerprint density at radius 2 is 1.90 bits per heavy atom. The lowest BCUT2D eigenvalue weighted by molar-refractivity contribution is -0.150. The minimum Gasteiger partial charge on any atom is -0.465 e. The molecule has 4 rings (SSSR count). The van der Waals surface area contributed by atoms with Crippen LogP contribution in [-0.4, -0.2) is 82.4 Å². The van der Waals surface area contributed by atoms with Crippen LogP contribution in [0.25, 0.3) is 0 Å². The molecule has 1 aromatic rings. The van der Waals surface area contributed by atoms with Gasteiger partial charge in [0.1, 0.15) is 6.54 Å². The second kappa shape index (κ2) is 7.81. The minimum atomic E-state index is -0.686. The van der Waals surface area contributed by atoms with Crippen molar-refractivity contribution in [3.63, 3.8) is 0 Å². The number of likely N-dealkylation sites (N-methyl/N-ethyl adjacent to an activating group) is 1. The number of fused-ring (bicyclic) bond motifs is 3. The van der Waals surface area contributed by atoms with Gasteiger partial charge in [-0.05, 0) is 25.8 Å². The summed E-state index contributed by atoms with van der Waals surface area (Å²) in [5, 5.41) is 0. The van der Waals surface area contributed by atoms with Crippen LogP contribution in [0.15, 0.2) is 47.2 Å². The fourth-order valence-electron chi connectivity index (χ4n) is 4.05. The van der Waals surface area contributed by atoms with Gasteiger partial charge in [0.15, 0.2) is 12.2 Å². The predicted molar refractivity (Wildman–Crippen MR) is 109 cm³/mol. The van der Waals surface area contributed by atoms with Crippen LogP contribution >= 0.6 is 0 Å². The molecule has 2 atom stereocenters. The van der Waals surface area contributed by atoms with E-state index in [9.17, 15) is 14.4 Å². The summed E-state index contributed by atoms with van der Waals surface area (Å²) in [5.41, 5.74) is 2.19. The molecule has 0 spiro atoms. The molecule has 3 heterocycles. The average Bonchev–Trinajstić information content (AvgIpc) is 3.24. The number of allylic oxidation sites excluding steroid dienone is 1. The highest BCUT2D eigenvalue weighted by Gasteiger charge is 2.54. The highest BCUT2D eigenvalue weighted by atomic mass is 16.5. The molecule has 3 aliphatic heterocycles. The summed E-state index contributed by atoms with van der Waals surface area (Å²) in [5.74, 6) is -0.393. The molecule has 0 radical (unpaired) electrons. The van der Waals surface area contributed by atoms with Gasteiger partial charge in [0.25, 0.3) is 5.91 Å². The molecule has 0 aromatic heterocycles. The van der Waals surface area contributed by atoms with Crippen LogP contribution in [0.4, 0.5) is 4.79 Å². The van der Waals surface area contributed by atoms with Gasteiger partial charge in [0, 0.05) is 25.5 Å². The normalized spacial score (nSPS) is 22.8. The molecule has 1 aromatic carbocycles. The van der Waals surface area contributed by atoms with E-state index in [1.54, 1.807) is 14.0 Å². The van der Waals surface area contributed by atoms with Crippen LogP contribution < -0.4 is 0 Å². The lowest BCUT2D eigenvalue weighted by Gasteiger charge is -2.39. The number of nitrogens with zero attached hydrogens (tertiary/aromatic N) is 5. The maximum Gasteiger partial charge on any atom is 0.328 e. The average molecular weight is 411 g/mol. The molecule has 2 unspecified atom stereocenters. The van der Waals surface area contributed by atoms with Crippen molar-refractivity contribution in [2.75, 3.05) is 26.7 Å². The lowest BCUT2D eigenvalue weighted by Crippen LogP contribution is -2.65. The zero-order valence-electron chi connectivity index (χ0n) is 17.3. The van der Waals surface area contributed by atoms with Gasteiger partial charge in [0.2, 0.25) is 5.96 Å². The first-order chi connectivity index (χ1) is 14.4. The van der Waals surface area contributed by atoms with Gasteiger partial charge in [-0.2, -0.15) is 0 Å². The number of imide groups is 1. The molecule has 0 saturated carbocycles. The largest absolute Gasteiger partial charge is 0.465 e. The van der Waals surface area contributed by atoms with E-state index in [1.165, 1.54) is 10.5 Å². The van der Waals surface area contributed by atoms with E-state index in [4.69, 9.17) is 9.73 Å². The SMILES string of the molecule is CCOC(=O)CN1C(=O)C2C(N=C3N(CCc4ccccc4)C(C)=CN32)N(C)C1=O. The Kier molecular flexibility index (Phi) is 5.19. The van der Waals surface area contributed by atoms with Crippen LogP contribution in [0, 0.1) is 0 Å². The first kappa shape index (κ1) is 19.9. The number of urea groups is 1. The Bertz CT molecular complexity index is 929. The van der Waals surface area contributed by atoms with E-state index < -0.39 is 36.7 Å². The first-order valence-corrected chi connectivity index (χ1v) is 10.0. The van der Waals surface area contributed by atoms with Crippen molar-refractivity contribution in [3.8, 4) is 0 Å². The highest BCUT2D eigenvalue weighted by molar-refractivity contribution is 6.06. The number of amides is 3. The summed E-state index contributed by atoms with van der Waals surface area (Å²) in [7, 11) is 1.60. The third-order valence-electron chi connectivity index (χ3n) is 5.56. The Morgan fingerprint density at radius 1 is 1.17 bits per heavy atom. The zero-order chi connectivity index (χ0) is 21.4. The Morgan fingerprint density at radius 3 is 2.60 bits per heavy atom. The van der Waals surface area contributed by atoms with Gasteiger partial charge in [-0.1, -0.05) is 30.3 Å². The van der Waals surface area contributed by atoms with E-state index >= 15 is 0 Å². The van der Waals surface area contributed by atoms with Gasteiger partial charge in [-0.25, -0.2) is 9.79 Å². The molecule has 1 saturated heterocycles. The van der Waals surface area contributed by atoms with Crippen LogP contribution in [-0.2, 0) is 20.7 Å². The van der Waals surface area contributed by atoms with Crippen LogP contribution in [0.2, 0.25) is 0 Å². The van der Waals surface area contributed by atoms with Gasteiger partial charge in [-0.3, -0.25) is 14.5 Å². The van der Waals surface area contributed by atoms with Gasteiger partial charge in [-0.15, -0.1) is 0 Å². The second-order valence-corrected chi connectivity index (χ2v) is 7.48. The first-order valence-electron chi connectivity index (χ1n) is 10.0. The molecule has 158 valence electrons. The van der Waals surface area contributed by atoms with Gasteiger partial charge in [0.05, 0.1) is 6.61 Å². The van der Waals surface area contributed by atoms with E-state index in [-0.39, 0.29) is 6.61 Å². The minimum absolute atomic E-state index is 0.189. The van der Waals surface area contributed by atoms with Crippen molar-refractivity contribution in [1.29, 1.82) is 0 Å². The summed E-state index contributed by atoms with van der Waals surface area (Å²) in [4.78, 5) is 48.7. The van der Waals surface area contributed by atoms with Crippen molar-refractivity contribution >= 4 is 23.9 Å². The van der Waals surface area contributed by atoms with E-state index in [2.05, 4.69) is 17.0 Å². The molecule has 1 fully saturated rings. The molecule has 9 nitrogen and oxygen atoms in total. The summed E-state index contributed by atoms with van der Waals surface area (Å²) in [6.07, 6.45) is 2.09. The number of benzene rings is 1. The third-order valence-corrected chi connectivity index (χ3v) is 5.56. The van der Waals surface area contributed by atoms with Crippen molar-refractivity contribution in [2.45, 2.75) is 32.5 Å². The molecular weight excluding hydrogens is 386 g/mol. The molecular formula is C21H25N5O4. The predicted octanol–water partition coefficient (Wildman–Crippen LogP) is 1.23. The number of carbonyl (C=O) groups is 3. The number of esters is 1. The van der Waals surface area contributed by atoms with E-state index in [1.807, 2.05) is 36.2 Å². The fraction of sp³-hybridized carbons (Fsp3) is 0.429. The fourth-order valence-corrected chi connectivity index (χ4v) is 4.05. The van der Waals surface area contributed by atoms with Crippen molar-refractivity contribution in [2.24, 2.45) is 4.99 Å². The highest BCUT2D eigenvalue weighted by Crippen LogP contribution is 2.34. The number of aliphatic imine (C=N–C) groups is 1. The maximum atomic E-state index is 13.1. The Hall–Kier alpha value is -3.36. The number of guanidine groups is 1. The van der Waals surface area contributed by atoms with E-state index in [0.29, 0.717) is 12.5 Å². The zero-order valence-corrected chi connectivity index (χ0v) is 17.3. The van der Waals surface area contributed by atoms with Crippen LogP contribution in [0.3, 0.4) is 0 Å². The number of rotatable bonds is 6. The van der Waals surface area contributed by atoms with Gasteiger partial charge >= 0.3 is 12.0 Å². The van der Waals surface area contributed by atoms with E-state index in [0.717, 1.165) is 17.0 Å². The monoisotopic (exact) mass is 411 g/mol. The topological polar surface area (TPSA) is 85.8 Å². The molecule has 0 aliphatic carbocycles. The summed E-state index contributed by atoms with van der Waals surface area (Å²) < 4.78 is 4.92. The number of hydrogen-bond donors (Lipinski definition) is 0. The number of hydrogen-bond acceptors (Lipinski definition) is 7. The molecule has 3 aliphatic rings. The standard InChI is InChI=1S/C21H25N5O4/c1-4-30-16(27)13-26-19(28)17-18(23(3)21(26)29)22-20-24(14(2)12-25(17)20)11-10-15-8-6-5-7-9-15/h5-9,12,17-18H,4,10-11,13H2,1-3H3. The molecule has 0 bridgehead atoms. The molecule has 9 heteroatoms. The molecule has 0 N–H and O–H groups in total. The quantitative estimate of drug-likeness (QED) is 0.655. The number of carbonyl (C=O) groups excluding carboxylic acids is 3. The van der Waals surface area contributed by atoms with Gasteiger partial charge < -0.3 is 19.4 Å². The second-order valence-electron chi connectivity index (χ2n) is 7.48. The molecule has 3 amide bonds. The van der Waals surface area contributed by atoms with Crippen molar-refractivity contribution in [3.05, 3.63) is 47.8 Å². The lowest BCUT2D eigenvalue weighted by atomic mass is 10.1. The van der Waals surface area contributed by atoms with Crippen molar-refractivity contribution in [1.82, 2.24) is 19.6 Å². The third kappa shape index (κ3) is 3.30. The molecule has 30 heavy (non-hydrogen) atoms. The smallest absolute Gasteiger partial charge is 0.328 e. The Balaban J connectivity index is 1.54. The number of ether oxygens (including phenoxy) is 1. The summed E-state index contributed by atoms with van der Waals surface area (Å²) in [6.45, 7) is 4.15. The summed E-state index contributed by atoms with van der Waals surface area (Å²) >= 11 is 0. The maximum absolute atomic E-state index is 13.1. The Labute approximate surface area is 175 Å². The summed E-state index contributed by atoms with van der Waals surface area (Å²) in [6, 6.07) is 8.92. The van der Waals surface area contributed by atoms with Crippen LogP contribution in [0.1, 0.15) is 19.4 Å².